The van der Waals surface area contributed by atoms with E-state index in [9.17, 15) is 48.6 Å². The fraction of sp³-hybridized carbons (Fsp3) is 0.364. The molecule has 0 aliphatic rings. The highest BCUT2D eigenvalue weighted by atomic mass is 16.5. The summed E-state index contributed by atoms with van der Waals surface area (Å²) < 4.78 is 5.42. The largest absolute Gasteiger partial charge is 0.481 e. The van der Waals surface area contributed by atoms with Crippen LogP contribution in [-0.4, -0.2) is 93.3 Å². The average Bonchev–Trinajstić information content (AvgIpc) is 3.62. The van der Waals surface area contributed by atoms with Gasteiger partial charge in [0.05, 0.1) is 12.3 Å². The van der Waals surface area contributed by atoms with Crippen molar-refractivity contribution in [1.29, 1.82) is 0 Å². The number of amides is 4. The number of para-hydroxylation sites is 1. The number of aromatic nitrogens is 1. The molecule has 1 heterocycles. The van der Waals surface area contributed by atoms with Crippen molar-refractivity contribution in [2.45, 2.75) is 83.5 Å². The summed E-state index contributed by atoms with van der Waals surface area (Å²) >= 11 is 0. The minimum Gasteiger partial charge on any atom is -0.481 e. The molecule has 3 aromatic carbocycles. The summed E-state index contributed by atoms with van der Waals surface area (Å²) in [5.41, 5.74) is 3.22. The molecular formula is C44H51N5O11. The lowest BCUT2D eigenvalue weighted by Crippen LogP contribution is -2.59. The van der Waals surface area contributed by atoms with Gasteiger partial charge in [-0.3, -0.25) is 38.4 Å². The second-order valence-corrected chi connectivity index (χ2v) is 14.9. The fourth-order valence-electron chi connectivity index (χ4n) is 6.65. The van der Waals surface area contributed by atoms with Gasteiger partial charge in [0.15, 0.2) is 12.4 Å². The molecule has 0 bridgehead atoms. The smallest absolute Gasteiger partial charge is 0.310 e. The number of H-pyrrole nitrogens is 1. The molecule has 0 saturated heterocycles. The zero-order valence-corrected chi connectivity index (χ0v) is 33.6. The second-order valence-electron chi connectivity index (χ2n) is 14.9. The van der Waals surface area contributed by atoms with Crippen LogP contribution >= 0.6 is 0 Å². The van der Waals surface area contributed by atoms with Crippen LogP contribution in [0.1, 0.15) is 56.7 Å². The van der Waals surface area contributed by atoms with Gasteiger partial charge in [0.1, 0.15) is 24.2 Å². The minimum atomic E-state index is -1.66. The van der Waals surface area contributed by atoms with Gasteiger partial charge in [-0.15, -0.1) is 0 Å². The van der Waals surface area contributed by atoms with Crippen LogP contribution in [0.15, 0.2) is 91.1 Å². The molecule has 4 unspecified atom stereocenters. The average molecular weight is 826 g/mol. The highest BCUT2D eigenvalue weighted by molar-refractivity contribution is 5.97. The van der Waals surface area contributed by atoms with Crippen molar-refractivity contribution in [3.8, 4) is 0 Å². The summed E-state index contributed by atoms with van der Waals surface area (Å²) in [6.07, 6.45) is 0.523. The molecule has 0 radical (unpaired) electrons. The van der Waals surface area contributed by atoms with Crippen molar-refractivity contribution >= 4 is 58.2 Å². The Morgan fingerprint density at radius 3 is 1.78 bits per heavy atom. The Morgan fingerprint density at radius 2 is 1.22 bits per heavy atom. The molecule has 318 valence electrons. The predicted octanol–water partition coefficient (Wildman–Crippen LogP) is 2.88. The zero-order valence-electron chi connectivity index (χ0n) is 33.6. The van der Waals surface area contributed by atoms with E-state index in [2.05, 4.69) is 26.3 Å². The van der Waals surface area contributed by atoms with E-state index < -0.39 is 103 Å². The first kappa shape index (κ1) is 45.9. The van der Waals surface area contributed by atoms with Gasteiger partial charge in [-0.05, 0) is 47.9 Å². The summed E-state index contributed by atoms with van der Waals surface area (Å²) in [6.45, 7) is 3.52. The number of benzene rings is 3. The quantitative estimate of drug-likeness (QED) is 0.0536. The van der Waals surface area contributed by atoms with E-state index in [4.69, 9.17) is 4.74 Å². The maximum atomic E-state index is 13.7. The molecule has 1 aromatic heterocycles. The summed E-state index contributed by atoms with van der Waals surface area (Å²) in [4.78, 5) is 106. The number of carboxylic acid groups (broad SMARTS) is 2. The molecule has 4 rings (SSSR count). The molecule has 0 aliphatic heterocycles. The lowest BCUT2D eigenvalue weighted by Gasteiger charge is -2.27. The number of carbonyl (C=O) groups is 8. The number of nitrogens with one attached hydrogen (secondary N) is 5. The lowest BCUT2D eigenvalue weighted by atomic mass is 9.92. The SMILES string of the molecule is CC(=O)NC(Cc1c[nH]c2ccccc12)C(=O)NC(CCC(=O)O)C(=O)NC(C(=O)NC(CC(=O)O)C(=O)COC(=O)C(Cc1ccccc1)Cc1ccccc1)C(C)C. The van der Waals surface area contributed by atoms with Gasteiger partial charge < -0.3 is 41.2 Å². The van der Waals surface area contributed by atoms with Crippen LogP contribution in [0.2, 0.25) is 0 Å². The number of hydrogen-bond acceptors (Lipinski definition) is 9. The lowest BCUT2D eigenvalue weighted by molar-refractivity contribution is -0.153. The van der Waals surface area contributed by atoms with Crippen molar-refractivity contribution < 1.29 is 53.3 Å². The van der Waals surface area contributed by atoms with Gasteiger partial charge in [-0.2, -0.15) is 0 Å². The topological polar surface area (TPSA) is 250 Å². The number of esters is 1. The van der Waals surface area contributed by atoms with E-state index in [0.29, 0.717) is 18.4 Å². The normalized spacial score (nSPS) is 13.1. The number of aromatic amines is 1. The maximum absolute atomic E-state index is 13.7. The van der Waals surface area contributed by atoms with Crippen molar-refractivity contribution in [2.75, 3.05) is 6.61 Å². The zero-order chi connectivity index (χ0) is 43.8. The summed E-state index contributed by atoms with van der Waals surface area (Å²) in [5, 5.41) is 29.8. The van der Waals surface area contributed by atoms with Gasteiger partial charge in [0, 0.05) is 36.9 Å². The van der Waals surface area contributed by atoms with E-state index in [1.54, 1.807) is 20.0 Å². The van der Waals surface area contributed by atoms with E-state index >= 15 is 0 Å². The monoisotopic (exact) mass is 825 g/mol. The van der Waals surface area contributed by atoms with Crippen molar-refractivity contribution in [1.82, 2.24) is 26.3 Å². The Kier molecular flexibility index (Phi) is 17.1. The molecule has 4 amide bonds. The molecule has 4 aromatic rings. The number of carboxylic acids is 2. The van der Waals surface area contributed by atoms with Crippen LogP contribution in [0.4, 0.5) is 0 Å². The number of aliphatic carboxylic acids is 2. The van der Waals surface area contributed by atoms with Crippen LogP contribution in [0.3, 0.4) is 0 Å². The molecule has 0 fully saturated rings. The second kappa shape index (κ2) is 22.3. The third-order valence-corrected chi connectivity index (χ3v) is 9.74. The highest BCUT2D eigenvalue weighted by Gasteiger charge is 2.34. The highest BCUT2D eigenvalue weighted by Crippen LogP contribution is 2.20. The molecule has 0 saturated carbocycles. The Labute approximate surface area is 346 Å². The third-order valence-electron chi connectivity index (χ3n) is 9.74. The number of ether oxygens (including phenoxy) is 1. The summed E-state index contributed by atoms with van der Waals surface area (Å²) in [7, 11) is 0. The Bertz CT molecular complexity index is 2100. The number of carbonyl (C=O) groups excluding carboxylic acids is 6. The van der Waals surface area contributed by atoms with Crippen LogP contribution in [0, 0.1) is 11.8 Å². The fourth-order valence-corrected chi connectivity index (χ4v) is 6.65. The number of hydrogen-bond donors (Lipinski definition) is 7. The molecular weight excluding hydrogens is 775 g/mol. The number of ketones is 1. The van der Waals surface area contributed by atoms with Gasteiger partial charge >= 0.3 is 17.9 Å². The first-order chi connectivity index (χ1) is 28.6. The first-order valence-electron chi connectivity index (χ1n) is 19.5. The van der Waals surface area contributed by atoms with E-state index in [1.807, 2.05) is 84.9 Å². The molecule has 0 aliphatic carbocycles. The third kappa shape index (κ3) is 14.2. The molecule has 4 atom stereocenters. The van der Waals surface area contributed by atoms with Gasteiger partial charge in [0.25, 0.3) is 0 Å². The van der Waals surface area contributed by atoms with E-state index in [1.165, 1.54) is 6.92 Å². The van der Waals surface area contributed by atoms with Crippen LogP contribution < -0.4 is 21.3 Å². The first-order valence-corrected chi connectivity index (χ1v) is 19.5. The maximum Gasteiger partial charge on any atom is 0.310 e. The van der Waals surface area contributed by atoms with E-state index in [0.717, 1.165) is 22.0 Å². The van der Waals surface area contributed by atoms with Gasteiger partial charge in [-0.25, -0.2) is 0 Å². The molecule has 7 N–H and O–H groups in total. The van der Waals surface area contributed by atoms with Gasteiger partial charge in [0.2, 0.25) is 23.6 Å². The number of Topliss-reactive ketones (excluding diaryl/α,β-unsaturated/α-hetero) is 1. The van der Waals surface area contributed by atoms with Crippen LogP contribution in [0.25, 0.3) is 10.9 Å². The molecule has 16 heteroatoms. The Hall–Kier alpha value is -6.84. The minimum absolute atomic E-state index is 0.0226. The number of fused-ring (bicyclic) bond motifs is 1. The molecule has 60 heavy (non-hydrogen) atoms. The van der Waals surface area contributed by atoms with Crippen LogP contribution in [-0.2, 0) is 62.4 Å². The summed E-state index contributed by atoms with van der Waals surface area (Å²) in [5.74, 6) is -8.85. The summed E-state index contributed by atoms with van der Waals surface area (Å²) in [6, 6.07) is 20.0. The van der Waals surface area contributed by atoms with E-state index in [-0.39, 0.29) is 12.8 Å². The van der Waals surface area contributed by atoms with Crippen molar-refractivity contribution in [3.05, 3.63) is 108 Å². The standard InChI is InChI=1S/C44H51N5O11/c1-26(2)40(49-41(56)34(18-19-38(52)53)47-42(57)36(46-27(3)50)22-31-24-45-33-17-11-10-16-32(31)33)43(58)48-35(23-39(54)55)37(51)25-60-44(59)30(20-28-12-6-4-7-13-28)21-29-14-8-5-9-15-29/h4-17,24,26,30,34-36,40,45H,18-23,25H2,1-3H3,(H,46,50)(H,47,57)(H,48,58)(H,49,56)(H,52,53)(H,54,55). The Morgan fingerprint density at radius 1 is 0.650 bits per heavy atom. The van der Waals surface area contributed by atoms with Crippen molar-refractivity contribution in [3.63, 3.8) is 0 Å². The number of rotatable bonds is 23. The Balaban J connectivity index is 1.46. The van der Waals surface area contributed by atoms with Crippen molar-refractivity contribution in [2.24, 2.45) is 11.8 Å². The molecule has 16 nitrogen and oxygen atoms in total. The molecule has 0 spiro atoms. The predicted molar refractivity (Wildman–Crippen MR) is 219 cm³/mol. The van der Waals surface area contributed by atoms with Gasteiger partial charge in [-0.1, -0.05) is 92.7 Å². The van der Waals surface area contributed by atoms with Crippen LogP contribution in [0.5, 0.6) is 0 Å².